The predicted molar refractivity (Wildman–Crippen MR) is 130 cm³/mol. The summed E-state index contributed by atoms with van der Waals surface area (Å²) in [5.74, 6) is 0.181. The number of nitrogens with zero attached hydrogens (tertiary/aromatic N) is 2. The number of thiophene rings is 1. The molecule has 1 aliphatic heterocycles. The van der Waals surface area contributed by atoms with Crippen molar-refractivity contribution in [3.8, 4) is 0 Å². The van der Waals surface area contributed by atoms with E-state index < -0.39 is 0 Å². The van der Waals surface area contributed by atoms with Gasteiger partial charge in [0, 0.05) is 23.5 Å². The monoisotopic (exact) mass is 446 g/mol. The van der Waals surface area contributed by atoms with Crippen molar-refractivity contribution < 1.29 is 9.59 Å². The average Bonchev–Trinajstić information content (AvgIpc) is 3.27. The van der Waals surface area contributed by atoms with Crippen molar-refractivity contribution in [3.05, 3.63) is 93.2 Å². The molecule has 2 amide bonds. The smallest absolute Gasteiger partial charge is 0.254 e. The number of carbonyl (C=O) groups excluding carboxylic acids is 2. The van der Waals surface area contributed by atoms with Crippen molar-refractivity contribution in [1.29, 1.82) is 0 Å². The molecular weight excluding hydrogens is 416 g/mol. The van der Waals surface area contributed by atoms with Gasteiger partial charge in [-0.15, -0.1) is 11.3 Å². The van der Waals surface area contributed by atoms with Crippen LogP contribution in [0.4, 0.5) is 0 Å². The lowest BCUT2D eigenvalue weighted by molar-refractivity contribution is -0.134. The summed E-state index contributed by atoms with van der Waals surface area (Å²) in [6, 6.07) is 19.6. The quantitative estimate of drug-likeness (QED) is 0.514. The van der Waals surface area contributed by atoms with Gasteiger partial charge in [-0.3, -0.25) is 9.59 Å². The highest BCUT2D eigenvalue weighted by molar-refractivity contribution is 7.10. The van der Waals surface area contributed by atoms with E-state index in [4.69, 9.17) is 0 Å². The zero-order chi connectivity index (χ0) is 22.7. The molecule has 0 aliphatic carbocycles. The summed E-state index contributed by atoms with van der Waals surface area (Å²) in [5.41, 5.74) is 4.17. The number of hydrogen-bond donors (Lipinski definition) is 0. The van der Waals surface area contributed by atoms with E-state index in [2.05, 4.69) is 44.4 Å². The fraction of sp³-hybridized carbons (Fsp3) is 0.333. The van der Waals surface area contributed by atoms with Gasteiger partial charge in [-0.05, 0) is 59.5 Å². The standard InChI is InChI=1S/C27H30N2O2S/c1-19(2)17-28(27(31)21-10-5-4-6-11-21)18-25(30)29-15-13-24-23(14-16-32-24)26(29)22-12-8-7-9-20(22)3/h4-12,14,16,19,26H,13,15,17-18H2,1-3H3. The van der Waals surface area contributed by atoms with E-state index in [1.807, 2.05) is 47.4 Å². The first-order valence-electron chi connectivity index (χ1n) is 11.2. The van der Waals surface area contributed by atoms with Crippen molar-refractivity contribution in [2.75, 3.05) is 19.6 Å². The molecule has 5 heteroatoms. The van der Waals surface area contributed by atoms with Gasteiger partial charge in [0.25, 0.3) is 5.91 Å². The average molecular weight is 447 g/mol. The van der Waals surface area contributed by atoms with Crippen LogP contribution in [0.15, 0.2) is 66.0 Å². The molecule has 4 rings (SSSR count). The molecule has 3 aromatic rings. The van der Waals surface area contributed by atoms with Crippen molar-refractivity contribution in [1.82, 2.24) is 9.80 Å². The lowest BCUT2D eigenvalue weighted by atomic mass is 9.90. The largest absolute Gasteiger partial charge is 0.330 e. The predicted octanol–water partition coefficient (Wildman–Crippen LogP) is 5.33. The highest BCUT2D eigenvalue weighted by atomic mass is 32.1. The molecule has 0 fully saturated rings. The van der Waals surface area contributed by atoms with Gasteiger partial charge in [-0.1, -0.05) is 56.3 Å². The molecule has 4 nitrogen and oxygen atoms in total. The molecule has 2 aromatic carbocycles. The number of rotatable bonds is 6. The van der Waals surface area contributed by atoms with Crippen LogP contribution in [0.25, 0.3) is 0 Å². The number of amides is 2. The van der Waals surface area contributed by atoms with Crippen LogP contribution in [0.5, 0.6) is 0 Å². The Morgan fingerprint density at radius 3 is 2.47 bits per heavy atom. The molecule has 1 unspecified atom stereocenters. The summed E-state index contributed by atoms with van der Waals surface area (Å²) in [6.45, 7) is 7.55. The van der Waals surface area contributed by atoms with E-state index in [0.29, 0.717) is 18.7 Å². The Morgan fingerprint density at radius 1 is 1.03 bits per heavy atom. The van der Waals surface area contributed by atoms with Gasteiger partial charge in [0.1, 0.15) is 6.54 Å². The van der Waals surface area contributed by atoms with E-state index in [1.54, 1.807) is 16.2 Å². The minimum absolute atomic E-state index is 0.0000317. The van der Waals surface area contributed by atoms with E-state index in [0.717, 1.165) is 12.0 Å². The third-order valence-corrected chi connectivity index (χ3v) is 6.99. The Balaban J connectivity index is 1.64. The number of fused-ring (bicyclic) bond motifs is 1. The fourth-order valence-electron chi connectivity index (χ4n) is 4.49. The van der Waals surface area contributed by atoms with E-state index >= 15 is 0 Å². The lowest BCUT2D eigenvalue weighted by Crippen LogP contribution is -2.47. The lowest BCUT2D eigenvalue weighted by Gasteiger charge is -2.38. The number of hydrogen-bond acceptors (Lipinski definition) is 3. The summed E-state index contributed by atoms with van der Waals surface area (Å²) in [5, 5.41) is 2.12. The maximum absolute atomic E-state index is 13.7. The Kier molecular flexibility index (Phi) is 6.75. The summed E-state index contributed by atoms with van der Waals surface area (Å²) < 4.78 is 0. The first-order valence-corrected chi connectivity index (χ1v) is 12.1. The zero-order valence-electron chi connectivity index (χ0n) is 19.0. The highest BCUT2D eigenvalue weighted by Gasteiger charge is 2.34. The van der Waals surface area contributed by atoms with Gasteiger partial charge in [-0.25, -0.2) is 0 Å². The molecule has 2 heterocycles. The maximum Gasteiger partial charge on any atom is 0.254 e. The zero-order valence-corrected chi connectivity index (χ0v) is 19.8. The number of carbonyl (C=O) groups is 2. The van der Waals surface area contributed by atoms with Gasteiger partial charge >= 0.3 is 0 Å². The molecule has 0 radical (unpaired) electrons. The van der Waals surface area contributed by atoms with Crippen molar-refractivity contribution in [2.24, 2.45) is 5.92 Å². The van der Waals surface area contributed by atoms with Crippen LogP contribution < -0.4 is 0 Å². The Morgan fingerprint density at radius 2 is 1.75 bits per heavy atom. The van der Waals surface area contributed by atoms with E-state index in [1.165, 1.54) is 16.0 Å². The van der Waals surface area contributed by atoms with Gasteiger partial charge < -0.3 is 9.80 Å². The van der Waals surface area contributed by atoms with Crippen LogP contribution in [0.3, 0.4) is 0 Å². The van der Waals surface area contributed by atoms with Crippen LogP contribution in [0.1, 0.15) is 51.8 Å². The second-order valence-electron chi connectivity index (χ2n) is 8.84. The van der Waals surface area contributed by atoms with Gasteiger partial charge in [0.15, 0.2) is 0 Å². The third kappa shape index (κ3) is 4.63. The van der Waals surface area contributed by atoms with Crippen molar-refractivity contribution in [3.63, 3.8) is 0 Å². The second-order valence-corrected chi connectivity index (χ2v) is 9.84. The van der Waals surface area contributed by atoms with Crippen molar-refractivity contribution in [2.45, 2.75) is 33.2 Å². The van der Waals surface area contributed by atoms with Crippen LogP contribution in [-0.4, -0.2) is 41.2 Å². The summed E-state index contributed by atoms with van der Waals surface area (Å²) >= 11 is 1.77. The van der Waals surface area contributed by atoms with Gasteiger partial charge in [0.05, 0.1) is 6.04 Å². The normalized spacial score (nSPS) is 15.5. The number of benzene rings is 2. The maximum atomic E-state index is 13.7. The molecule has 0 saturated heterocycles. The molecule has 1 atom stereocenters. The van der Waals surface area contributed by atoms with Gasteiger partial charge in [0.2, 0.25) is 5.91 Å². The van der Waals surface area contributed by atoms with Crippen LogP contribution in [0.2, 0.25) is 0 Å². The summed E-state index contributed by atoms with van der Waals surface area (Å²) in [4.78, 5) is 31.9. The molecule has 0 bridgehead atoms. The van der Waals surface area contributed by atoms with Crippen LogP contribution >= 0.6 is 11.3 Å². The van der Waals surface area contributed by atoms with E-state index in [9.17, 15) is 9.59 Å². The van der Waals surface area contributed by atoms with Crippen molar-refractivity contribution >= 4 is 23.2 Å². The molecule has 1 aromatic heterocycles. The van der Waals surface area contributed by atoms with E-state index in [-0.39, 0.29) is 30.3 Å². The minimum Gasteiger partial charge on any atom is -0.330 e. The molecule has 0 N–H and O–H groups in total. The summed E-state index contributed by atoms with van der Waals surface area (Å²) in [6.07, 6.45) is 0.859. The molecule has 32 heavy (non-hydrogen) atoms. The first kappa shape index (κ1) is 22.3. The SMILES string of the molecule is Cc1ccccc1C1c2ccsc2CCN1C(=O)CN(CC(C)C)C(=O)c1ccccc1. The molecule has 166 valence electrons. The van der Waals surface area contributed by atoms with Crippen LogP contribution in [0, 0.1) is 12.8 Å². The van der Waals surface area contributed by atoms with Crippen LogP contribution in [-0.2, 0) is 11.2 Å². The molecular formula is C27H30N2O2S. The molecule has 1 aliphatic rings. The second kappa shape index (κ2) is 9.70. The summed E-state index contributed by atoms with van der Waals surface area (Å²) in [7, 11) is 0. The minimum atomic E-state index is -0.105. The Labute approximate surface area is 194 Å². The topological polar surface area (TPSA) is 40.6 Å². The molecule has 0 spiro atoms. The highest BCUT2D eigenvalue weighted by Crippen LogP contribution is 2.39. The third-order valence-electron chi connectivity index (χ3n) is 5.99. The Hall–Kier alpha value is -2.92. The van der Waals surface area contributed by atoms with Gasteiger partial charge in [-0.2, -0.15) is 0 Å². The molecule has 0 saturated carbocycles. The first-order chi connectivity index (χ1) is 15.5. The Bertz CT molecular complexity index is 1090. The number of aryl methyl sites for hydroxylation is 1. The fourth-order valence-corrected chi connectivity index (χ4v) is 5.40.